The fourth-order valence-corrected chi connectivity index (χ4v) is 6.25. The zero-order valence-electron chi connectivity index (χ0n) is 18.3. The number of nitrogens with zero attached hydrogens (tertiary/aromatic N) is 5. The molecule has 2 aliphatic heterocycles. The van der Waals surface area contributed by atoms with Crippen molar-refractivity contribution < 1.29 is 4.74 Å². The highest BCUT2D eigenvalue weighted by atomic mass is 35.5. The molecule has 1 atom stereocenters. The van der Waals surface area contributed by atoms with Crippen LogP contribution in [0.2, 0.25) is 10.2 Å². The van der Waals surface area contributed by atoms with Crippen molar-refractivity contribution in [2.75, 3.05) is 30.3 Å². The van der Waals surface area contributed by atoms with Gasteiger partial charge in [-0.2, -0.15) is 0 Å². The molecule has 2 saturated heterocycles. The van der Waals surface area contributed by atoms with Crippen LogP contribution < -0.4 is 10.6 Å². The number of fused-ring (bicyclic) bond motifs is 1. The number of imidazole rings is 1. The minimum atomic E-state index is -0.0266. The smallest absolute Gasteiger partial charge is 0.211 e. The van der Waals surface area contributed by atoms with Gasteiger partial charge in [-0.15, -0.1) is 0 Å². The Morgan fingerprint density at radius 2 is 1.94 bits per heavy atom. The number of hydrogen-bond acceptors (Lipinski definition) is 7. The molecule has 170 valence electrons. The number of ether oxygens (including phenoxy) is 1. The molecule has 2 fully saturated rings. The largest absolute Gasteiger partial charge is 0.384 e. The lowest BCUT2D eigenvalue weighted by atomic mass is 9.70. The molecule has 0 saturated carbocycles. The second kappa shape index (κ2) is 7.94. The first-order valence-electron chi connectivity index (χ1n) is 10.7. The first-order valence-corrected chi connectivity index (χ1v) is 12.3. The number of hydrogen-bond donors (Lipinski definition) is 1. The molecule has 0 unspecified atom stereocenters. The van der Waals surface area contributed by atoms with Gasteiger partial charge in [0.25, 0.3) is 0 Å². The maximum atomic E-state index is 6.37. The molecule has 5 rings (SSSR count). The van der Waals surface area contributed by atoms with Gasteiger partial charge in [-0.05, 0) is 30.2 Å². The van der Waals surface area contributed by atoms with Crippen LogP contribution >= 0.6 is 35.0 Å². The third-order valence-electron chi connectivity index (χ3n) is 7.08. The van der Waals surface area contributed by atoms with E-state index in [9.17, 15) is 0 Å². The van der Waals surface area contributed by atoms with E-state index in [2.05, 4.69) is 35.6 Å². The average Bonchev–Trinajstić information content (AvgIpc) is 3.33. The van der Waals surface area contributed by atoms with Gasteiger partial charge in [0.2, 0.25) is 5.95 Å². The number of nitrogens with two attached hydrogens (primary N) is 1. The number of halogens is 2. The number of anilines is 2. The van der Waals surface area contributed by atoms with E-state index in [0.717, 1.165) is 53.9 Å². The molecule has 1 spiro atoms. The molecule has 2 aliphatic rings. The predicted molar refractivity (Wildman–Crippen MR) is 129 cm³/mol. The summed E-state index contributed by atoms with van der Waals surface area (Å²) < 4.78 is 8.40. The summed E-state index contributed by atoms with van der Waals surface area (Å²) in [6.45, 7) is 9.58. The van der Waals surface area contributed by atoms with Crippen molar-refractivity contribution >= 4 is 52.4 Å². The Hall–Kier alpha value is -1.74. The molecule has 10 heteroatoms. The molecular weight excluding hydrogens is 467 g/mol. The molecular formula is C22H26Cl2N6OS. The van der Waals surface area contributed by atoms with Gasteiger partial charge in [0, 0.05) is 36.6 Å². The summed E-state index contributed by atoms with van der Waals surface area (Å²) in [7, 11) is 0. The minimum Gasteiger partial charge on any atom is -0.384 e. The first-order chi connectivity index (χ1) is 15.2. The Bertz CT molecular complexity index is 1170. The Balaban J connectivity index is 1.41. The summed E-state index contributed by atoms with van der Waals surface area (Å²) in [5.74, 6) is 1.74. The van der Waals surface area contributed by atoms with Gasteiger partial charge >= 0.3 is 0 Å². The van der Waals surface area contributed by atoms with Crippen LogP contribution in [0.25, 0.3) is 5.65 Å². The number of aromatic nitrogens is 4. The van der Waals surface area contributed by atoms with Gasteiger partial charge in [0.05, 0.1) is 22.1 Å². The van der Waals surface area contributed by atoms with Gasteiger partial charge in [-0.3, -0.25) is 4.40 Å². The molecule has 0 aromatic carbocycles. The van der Waals surface area contributed by atoms with Gasteiger partial charge in [-0.1, -0.05) is 55.7 Å². The van der Waals surface area contributed by atoms with E-state index in [1.165, 1.54) is 11.8 Å². The highest BCUT2D eigenvalue weighted by Crippen LogP contribution is 2.49. The van der Waals surface area contributed by atoms with Crippen LogP contribution in [-0.4, -0.2) is 44.7 Å². The van der Waals surface area contributed by atoms with E-state index in [1.54, 1.807) is 12.3 Å². The standard InChI is InChI=1S/C22H26Cl2N6OS/c1-13-21(2,3)12-31-22(13)4-7-29(8-5-22)20-27-11-15(19-26-6-9-30(19)20)32-14-10-16(25)28-18(24)17(14)23/h6,9-11,13H,4-5,7-8,12H2,1-3H3,(H2,25,28)/t13-/m0/s1. The Morgan fingerprint density at radius 1 is 1.19 bits per heavy atom. The van der Waals surface area contributed by atoms with Gasteiger partial charge < -0.3 is 15.4 Å². The molecule has 2 N–H and O–H groups in total. The lowest BCUT2D eigenvalue weighted by Crippen LogP contribution is -2.49. The van der Waals surface area contributed by atoms with Gasteiger partial charge in [0.1, 0.15) is 5.82 Å². The summed E-state index contributed by atoms with van der Waals surface area (Å²) >= 11 is 13.9. The first kappa shape index (κ1) is 22.1. The topological polar surface area (TPSA) is 81.6 Å². The van der Waals surface area contributed by atoms with Gasteiger partial charge in [0.15, 0.2) is 10.8 Å². The Labute approximate surface area is 201 Å². The molecule has 0 bridgehead atoms. The highest BCUT2D eigenvalue weighted by molar-refractivity contribution is 7.99. The molecule has 5 heterocycles. The lowest BCUT2D eigenvalue weighted by molar-refractivity contribution is -0.0366. The second-order valence-electron chi connectivity index (χ2n) is 9.35. The third-order valence-corrected chi connectivity index (χ3v) is 9.00. The van der Waals surface area contributed by atoms with Crippen molar-refractivity contribution in [2.24, 2.45) is 11.3 Å². The molecule has 0 amide bonds. The van der Waals surface area contributed by atoms with E-state index in [1.807, 2.05) is 16.8 Å². The Morgan fingerprint density at radius 3 is 2.62 bits per heavy atom. The zero-order chi connectivity index (χ0) is 22.7. The number of piperidine rings is 1. The average molecular weight is 493 g/mol. The van der Waals surface area contributed by atoms with Crippen molar-refractivity contribution in [3.8, 4) is 0 Å². The third kappa shape index (κ3) is 3.61. The summed E-state index contributed by atoms with van der Waals surface area (Å²) in [4.78, 5) is 17.3. The van der Waals surface area contributed by atoms with Crippen LogP contribution in [0, 0.1) is 11.3 Å². The SMILES string of the molecule is C[C@H]1C(C)(C)COC12CCN(c1ncc(Sc3cc(N)nc(Cl)c3Cl)c3nccn13)CC2. The van der Waals surface area contributed by atoms with Crippen molar-refractivity contribution in [3.63, 3.8) is 0 Å². The number of nitrogen functional groups attached to an aromatic ring is 1. The van der Waals surface area contributed by atoms with Crippen LogP contribution in [0.1, 0.15) is 33.6 Å². The normalized spacial score (nSPS) is 22.2. The quantitative estimate of drug-likeness (QED) is 0.503. The van der Waals surface area contributed by atoms with E-state index < -0.39 is 0 Å². The zero-order valence-corrected chi connectivity index (χ0v) is 20.6. The van der Waals surface area contributed by atoms with Gasteiger partial charge in [-0.25, -0.2) is 15.0 Å². The Kier molecular flexibility index (Phi) is 5.47. The summed E-state index contributed by atoms with van der Waals surface area (Å²) in [5, 5.41) is 0.557. The summed E-state index contributed by atoms with van der Waals surface area (Å²) in [5.41, 5.74) is 6.86. The summed E-state index contributed by atoms with van der Waals surface area (Å²) in [6, 6.07) is 1.71. The predicted octanol–water partition coefficient (Wildman–Crippen LogP) is 5.20. The fraction of sp³-hybridized carbons (Fsp3) is 0.500. The van der Waals surface area contributed by atoms with E-state index >= 15 is 0 Å². The number of rotatable bonds is 3. The molecule has 0 radical (unpaired) electrons. The van der Waals surface area contributed by atoms with Crippen molar-refractivity contribution in [2.45, 2.75) is 49.0 Å². The molecule has 0 aliphatic carbocycles. The maximum absolute atomic E-state index is 6.37. The number of pyridine rings is 1. The van der Waals surface area contributed by atoms with E-state index in [-0.39, 0.29) is 16.2 Å². The maximum Gasteiger partial charge on any atom is 0.211 e. The van der Waals surface area contributed by atoms with Crippen LogP contribution in [0.15, 0.2) is 34.4 Å². The lowest BCUT2D eigenvalue weighted by Gasteiger charge is -2.43. The monoisotopic (exact) mass is 492 g/mol. The molecule has 32 heavy (non-hydrogen) atoms. The van der Waals surface area contributed by atoms with Crippen LogP contribution in [0.4, 0.5) is 11.8 Å². The van der Waals surface area contributed by atoms with Crippen LogP contribution in [0.3, 0.4) is 0 Å². The fourth-order valence-electron chi connectivity index (χ4n) is 4.83. The van der Waals surface area contributed by atoms with E-state index in [4.69, 9.17) is 38.7 Å². The second-order valence-corrected chi connectivity index (χ2v) is 11.2. The summed E-state index contributed by atoms with van der Waals surface area (Å²) in [6.07, 6.45) is 7.56. The van der Waals surface area contributed by atoms with Crippen molar-refractivity contribution in [1.29, 1.82) is 0 Å². The molecule has 3 aromatic rings. The highest BCUT2D eigenvalue weighted by Gasteiger charge is 2.52. The molecule has 7 nitrogen and oxygen atoms in total. The molecule has 3 aromatic heterocycles. The van der Waals surface area contributed by atoms with Crippen molar-refractivity contribution in [1.82, 2.24) is 19.4 Å². The van der Waals surface area contributed by atoms with Crippen molar-refractivity contribution in [3.05, 3.63) is 34.8 Å². The van der Waals surface area contributed by atoms with Crippen LogP contribution in [0.5, 0.6) is 0 Å². The van der Waals surface area contributed by atoms with Crippen LogP contribution in [-0.2, 0) is 4.74 Å². The minimum absolute atomic E-state index is 0.0266. The van der Waals surface area contributed by atoms with E-state index in [0.29, 0.717) is 16.8 Å².